The van der Waals surface area contributed by atoms with Gasteiger partial charge in [0.25, 0.3) is 0 Å². The van der Waals surface area contributed by atoms with E-state index < -0.39 is 0 Å². The van der Waals surface area contributed by atoms with Gasteiger partial charge >= 0.3 is 0 Å². The van der Waals surface area contributed by atoms with Gasteiger partial charge in [0.15, 0.2) is 5.65 Å². The second-order valence-electron chi connectivity index (χ2n) is 4.75. The number of pyridine rings is 1. The maximum absolute atomic E-state index is 6.13. The number of ether oxygens (including phenoxy) is 1. The molecular weight excluding hydrogens is 264 g/mol. The van der Waals surface area contributed by atoms with E-state index in [1.807, 2.05) is 12.1 Å². The topological polar surface area (TPSA) is 59.9 Å². The van der Waals surface area contributed by atoms with Crippen LogP contribution in [0.15, 0.2) is 24.5 Å². The molecule has 1 fully saturated rings. The molecule has 6 heteroatoms. The van der Waals surface area contributed by atoms with Crippen LogP contribution in [0.4, 0.5) is 5.82 Å². The van der Waals surface area contributed by atoms with Gasteiger partial charge in [0.05, 0.1) is 5.54 Å². The summed E-state index contributed by atoms with van der Waals surface area (Å²) in [5.74, 6) is 1.33. The van der Waals surface area contributed by atoms with Crippen LogP contribution in [0.2, 0.25) is 0 Å². The van der Waals surface area contributed by atoms with Gasteiger partial charge in [-0.05, 0) is 25.0 Å². The minimum Gasteiger partial charge on any atom is -0.381 e. The molecular formula is C13H15ClN4O. The molecule has 0 amide bonds. The summed E-state index contributed by atoms with van der Waals surface area (Å²) in [6, 6.07) is 3.83. The molecule has 0 spiro atoms. The second kappa shape index (κ2) is 5.27. The maximum Gasteiger partial charge on any atom is 0.180 e. The molecule has 2 aromatic rings. The molecule has 0 aromatic carbocycles. The number of nitrogens with zero attached hydrogens (tertiary/aromatic N) is 3. The summed E-state index contributed by atoms with van der Waals surface area (Å²) < 4.78 is 5.39. The third-order valence-corrected chi connectivity index (χ3v) is 3.94. The minimum atomic E-state index is -0.136. The number of rotatable bonds is 3. The van der Waals surface area contributed by atoms with Crippen LogP contribution in [-0.2, 0) is 4.74 Å². The van der Waals surface area contributed by atoms with Gasteiger partial charge in [-0.3, -0.25) is 4.98 Å². The number of hydrogen-bond acceptors (Lipinski definition) is 5. The average molecular weight is 279 g/mol. The Morgan fingerprint density at radius 3 is 2.79 bits per heavy atom. The first-order chi connectivity index (χ1) is 9.31. The Balaban J connectivity index is 1.87. The lowest BCUT2D eigenvalue weighted by Crippen LogP contribution is -2.45. The summed E-state index contributed by atoms with van der Waals surface area (Å²) in [7, 11) is 0. The number of aromatic nitrogens is 3. The van der Waals surface area contributed by atoms with Gasteiger partial charge in [0.2, 0.25) is 0 Å². The van der Waals surface area contributed by atoms with Crippen LogP contribution in [0, 0.1) is 0 Å². The van der Waals surface area contributed by atoms with E-state index in [4.69, 9.17) is 16.3 Å². The van der Waals surface area contributed by atoms with Crippen molar-refractivity contribution >= 4 is 28.6 Å². The minimum absolute atomic E-state index is 0.136. The lowest BCUT2D eigenvalue weighted by Gasteiger charge is -2.36. The highest BCUT2D eigenvalue weighted by Crippen LogP contribution is 2.27. The van der Waals surface area contributed by atoms with Crippen molar-refractivity contribution in [1.82, 2.24) is 15.0 Å². The normalized spacial score (nSPS) is 18.4. The lowest BCUT2D eigenvalue weighted by molar-refractivity contribution is 0.0667. The molecule has 1 N–H and O–H groups in total. The number of hydrogen-bond donors (Lipinski definition) is 1. The van der Waals surface area contributed by atoms with Crippen LogP contribution >= 0.6 is 11.6 Å². The molecule has 3 rings (SSSR count). The monoisotopic (exact) mass is 278 g/mol. The molecule has 0 saturated carbocycles. The molecule has 5 nitrogen and oxygen atoms in total. The fourth-order valence-corrected chi connectivity index (χ4v) is 2.58. The van der Waals surface area contributed by atoms with E-state index in [1.54, 1.807) is 12.4 Å². The Morgan fingerprint density at radius 1 is 1.21 bits per heavy atom. The molecule has 19 heavy (non-hydrogen) atoms. The number of anilines is 1. The van der Waals surface area contributed by atoms with Crippen LogP contribution in [0.3, 0.4) is 0 Å². The smallest absolute Gasteiger partial charge is 0.180 e. The lowest BCUT2D eigenvalue weighted by atomic mass is 9.92. The van der Waals surface area contributed by atoms with E-state index in [-0.39, 0.29) is 5.54 Å². The van der Waals surface area contributed by atoms with Gasteiger partial charge in [0.1, 0.15) is 11.3 Å². The van der Waals surface area contributed by atoms with E-state index in [0.717, 1.165) is 37.4 Å². The van der Waals surface area contributed by atoms with Crippen molar-refractivity contribution in [3.05, 3.63) is 24.5 Å². The van der Waals surface area contributed by atoms with Crippen molar-refractivity contribution in [2.45, 2.75) is 18.4 Å². The second-order valence-corrected chi connectivity index (χ2v) is 5.01. The summed E-state index contributed by atoms with van der Waals surface area (Å²) in [6.07, 6.45) is 5.08. The quantitative estimate of drug-likeness (QED) is 0.873. The molecule has 3 heterocycles. The molecule has 1 aliphatic rings. The highest BCUT2D eigenvalue weighted by Gasteiger charge is 2.32. The predicted octanol–water partition coefficient (Wildman–Crippen LogP) is 2.22. The van der Waals surface area contributed by atoms with Crippen LogP contribution in [-0.4, -0.2) is 39.6 Å². The summed E-state index contributed by atoms with van der Waals surface area (Å²) in [4.78, 5) is 12.9. The SMILES string of the molecule is ClCC1(Nc2ccc3nccnc3n2)CCOCC1. The highest BCUT2D eigenvalue weighted by molar-refractivity contribution is 6.18. The summed E-state index contributed by atoms with van der Waals surface area (Å²) in [5.41, 5.74) is 1.30. The van der Waals surface area contributed by atoms with Crippen molar-refractivity contribution in [1.29, 1.82) is 0 Å². The fraction of sp³-hybridized carbons (Fsp3) is 0.462. The summed E-state index contributed by atoms with van der Waals surface area (Å²) >= 11 is 6.13. The number of halogens is 1. The van der Waals surface area contributed by atoms with Crippen LogP contribution in [0.25, 0.3) is 11.2 Å². The predicted molar refractivity (Wildman–Crippen MR) is 74.5 cm³/mol. The van der Waals surface area contributed by atoms with Gasteiger partial charge in [0, 0.05) is 31.5 Å². The van der Waals surface area contributed by atoms with Gasteiger partial charge in [-0.2, -0.15) is 0 Å². The maximum atomic E-state index is 6.13. The first kappa shape index (κ1) is 12.6. The molecule has 0 atom stereocenters. The van der Waals surface area contributed by atoms with E-state index >= 15 is 0 Å². The molecule has 0 radical (unpaired) electrons. The molecule has 0 aliphatic carbocycles. The van der Waals surface area contributed by atoms with E-state index in [2.05, 4.69) is 20.3 Å². The molecule has 2 aromatic heterocycles. The molecule has 100 valence electrons. The Labute approximate surface area is 116 Å². The Hall–Kier alpha value is -1.46. The van der Waals surface area contributed by atoms with Crippen LogP contribution in [0.1, 0.15) is 12.8 Å². The standard InChI is InChI=1S/C13H15ClN4O/c14-9-13(3-7-19-8-4-13)18-11-2-1-10-12(17-11)16-6-5-15-10/h1-2,5-6H,3-4,7-9H2,(H,16,17,18). The van der Waals surface area contributed by atoms with Crippen molar-refractivity contribution in [2.75, 3.05) is 24.4 Å². The Kier molecular flexibility index (Phi) is 3.48. The fourth-order valence-electron chi connectivity index (χ4n) is 2.25. The largest absolute Gasteiger partial charge is 0.381 e. The average Bonchev–Trinajstić information content (AvgIpc) is 2.48. The number of alkyl halides is 1. The Bertz CT molecular complexity index is 571. The van der Waals surface area contributed by atoms with Crippen molar-refractivity contribution in [3.8, 4) is 0 Å². The number of nitrogens with one attached hydrogen (secondary N) is 1. The number of fused-ring (bicyclic) bond motifs is 1. The van der Waals surface area contributed by atoms with E-state index in [9.17, 15) is 0 Å². The van der Waals surface area contributed by atoms with Gasteiger partial charge in [-0.15, -0.1) is 11.6 Å². The van der Waals surface area contributed by atoms with Crippen LogP contribution in [0.5, 0.6) is 0 Å². The molecule has 0 unspecified atom stereocenters. The highest BCUT2D eigenvalue weighted by atomic mass is 35.5. The van der Waals surface area contributed by atoms with E-state index in [1.165, 1.54) is 0 Å². The molecule has 0 bridgehead atoms. The summed E-state index contributed by atoms with van der Waals surface area (Å²) in [6.45, 7) is 1.46. The third-order valence-electron chi connectivity index (χ3n) is 3.43. The first-order valence-corrected chi connectivity index (χ1v) is 6.84. The van der Waals surface area contributed by atoms with Gasteiger partial charge in [-0.1, -0.05) is 0 Å². The van der Waals surface area contributed by atoms with Crippen LogP contribution < -0.4 is 5.32 Å². The summed E-state index contributed by atoms with van der Waals surface area (Å²) in [5, 5.41) is 3.45. The van der Waals surface area contributed by atoms with Crippen molar-refractivity contribution in [3.63, 3.8) is 0 Å². The molecule has 1 aliphatic heterocycles. The van der Waals surface area contributed by atoms with Gasteiger partial charge < -0.3 is 10.1 Å². The third kappa shape index (κ3) is 2.62. The Morgan fingerprint density at radius 2 is 2.00 bits per heavy atom. The first-order valence-electron chi connectivity index (χ1n) is 6.31. The zero-order valence-corrected chi connectivity index (χ0v) is 11.2. The zero-order chi connectivity index (χ0) is 13.1. The van der Waals surface area contributed by atoms with Gasteiger partial charge in [-0.25, -0.2) is 9.97 Å². The zero-order valence-electron chi connectivity index (χ0n) is 10.5. The van der Waals surface area contributed by atoms with Crippen molar-refractivity contribution in [2.24, 2.45) is 0 Å². The van der Waals surface area contributed by atoms with Crippen molar-refractivity contribution < 1.29 is 4.74 Å². The van der Waals surface area contributed by atoms with E-state index in [0.29, 0.717) is 11.5 Å². The molecule has 1 saturated heterocycles.